The fourth-order valence-electron chi connectivity index (χ4n) is 3.86. The highest BCUT2D eigenvalue weighted by atomic mass is 127. The zero-order valence-electron chi connectivity index (χ0n) is 17.1. The number of halogens is 1. The van der Waals surface area contributed by atoms with Gasteiger partial charge in [-0.25, -0.2) is 4.99 Å². The van der Waals surface area contributed by atoms with E-state index in [1.807, 2.05) is 11.7 Å². The van der Waals surface area contributed by atoms with Crippen LogP contribution in [0.15, 0.2) is 4.99 Å². The summed E-state index contributed by atoms with van der Waals surface area (Å²) in [7, 11) is 2.01. The highest BCUT2D eigenvalue weighted by Crippen LogP contribution is 2.20. The summed E-state index contributed by atoms with van der Waals surface area (Å²) in [6.07, 6.45) is 4.45. The van der Waals surface area contributed by atoms with Gasteiger partial charge in [0.2, 0.25) is 5.91 Å². The molecule has 0 saturated carbocycles. The third-order valence-electron chi connectivity index (χ3n) is 5.06. The lowest BCUT2D eigenvalue weighted by molar-refractivity contribution is -0.119. The number of likely N-dealkylation sites (tertiary alicyclic amines) is 1. The van der Waals surface area contributed by atoms with Crippen LogP contribution in [-0.4, -0.2) is 46.2 Å². The molecule has 0 aromatic carbocycles. The number of aromatic nitrogens is 2. The minimum absolute atomic E-state index is 0. The first-order chi connectivity index (χ1) is 12.5. The third kappa shape index (κ3) is 6.36. The average Bonchev–Trinajstić information content (AvgIpc) is 2.92. The highest BCUT2D eigenvalue weighted by Gasteiger charge is 2.24. The number of aliphatic imine (C=N–C) groups is 1. The zero-order chi connectivity index (χ0) is 19.1. The van der Waals surface area contributed by atoms with Crippen LogP contribution in [0.25, 0.3) is 0 Å². The molecule has 1 unspecified atom stereocenters. The van der Waals surface area contributed by atoms with Crippen LogP contribution in [0.1, 0.15) is 57.0 Å². The van der Waals surface area contributed by atoms with Crippen molar-refractivity contribution in [1.29, 1.82) is 0 Å². The molecular formula is C19H35IN6O. The Bertz CT molecular complexity index is 642. The molecule has 154 valence electrons. The monoisotopic (exact) mass is 490 g/mol. The second kappa shape index (κ2) is 11.5. The second-order valence-electron chi connectivity index (χ2n) is 7.00. The second-order valence-corrected chi connectivity index (χ2v) is 7.00. The first-order valence-corrected chi connectivity index (χ1v) is 9.85. The van der Waals surface area contributed by atoms with Crippen LogP contribution in [0.3, 0.4) is 0 Å². The van der Waals surface area contributed by atoms with Gasteiger partial charge in [0.25, 0.3) is 0 Å². The van der Waals surface area contributed by atoms with Crippen molar-refractivity contribution in [1.82, 2.24) is 20.0 Å². The number of amides is 1. The van der Waals surface area contributed by atoms with Crippen LogP contribution in [0.2, 0.25) is 0 Å². The summed E-state index contributed by atoms with van der Waals surface area (Å²) >= 11 is 0. The van der Waals surface area contributed by atoms with Crippen LogP contribution < -0.4 is 11.1 Å². The van der Waals surface area contributed by atoms with Crippen LogP contribution in [0, 0.1) is 5.92 Å². The summed E-state index contributed by atoms with van der Waals surface area (Å²) in [6, 6.07) is 0. The SMILES string of the molecule is CCNC(=NCc1c(CC)nn(C)c1CC)N1CCCC(CC(N)=O)C1.I. The van der Waals surface area contributed by atoms with Gasteiger partial charge in [-0.1, -0.05) is 13.8 Å². The molecule has 1 amide bonds. The number of primary amides is 1. The first-order valence-electron chi connectivity index (χ1n) is 9.85. The van der Waals surface area contributed by atoms with Crippen molar-refractivity contribution in [2.75, 3.05) is 19.6 Å². The van der Waals surface area contributed by atoms with E-state index in [-0.39, 0.29) is 29.9 Å². The fraction of sp³-hybridized carbons (Fsp3) is 0.737. The van der Waals surface area contributed by atoms with Gasteiger partial charge in [-0.2, -0.15) is 5.10 Å². The summed E-state index contributed by atoms with van der Waals surface area (Å²) in [5.74, 6) is 1.03. The van der Waals surface area contributed by atoms with Gasteiger partial charge in [0, 0.05) is 44.4 Å². The highest BCUT2D eigenvalue weighted by molar-refractivity contribution is 14.0. The maximum absolute atomic E-state index is 11.3. The normalized spacial score (nSPS) is 17.6. The number of piperidine rings is 1. The minimum atomic E-state index is -0.214. The van der Waals surface area contributed by atoms with E-state index in [1.165, 1.54) is 11.3 Å². The van der Waals surface area contributed by atoms with Crippen LogP contribution >= 0.6 is 24.0 Å². The third-order valence-corrected chi connectivity index (χ3v) is 5.06. The molecule has 0 bridgehead atoms. The molecule has 1 aliphatic heterocycles. The Morgan fingerprint density at radius 3 is 2.67 bits per heavy atom. The number of hydrogen-bond donors (Lipinski definition) is 2. The van der Waals surface area contributed by atoms with Gasteiger partial charge in [-0.05, 0) is 38.5 Å². The molecule has 1 saturated heterocycles. The average molecular weight is 490 g/mol. The quantitative estimate of drug-likeness (QED) is 0.349. The summed E-state index contributed by atoms with van der Waals surface area (Å²) in [5.41, 5.74) is 9.03. The number of nitrogens with zero attached hydrogens (tertiary/aromatic N) is 4. The number of guanidine groups is 1. The van der Waals surface area contributed by atoms with Gasteiger partial charge < -0.3 is 16.0 Å². The molecule has 7 nitrogen and oxygen atoms in total. The molecule has 1 aromatic rings. The fourth-order valence-corrected chi connectivity index (χ4v) is 3.86. The van der Waals surface area contributed by atoms with E-state index in [0.717, 1.165) is 57.0 Å². The molecule has 1 fully saturated rings. The Kier molecular flexibility index (Phi) is 10.1. The van der Waals surface area contributed by atoms with Gasteiger partial charge in [0.15, 0.2) is 5.96 Å². The van der Waals surface area contributed by atoms with Crippen LogP contribution in [-0.2, 0) is 31.2 Å². The summed E-state index contributed by atoms with van der Waals surface area (Å²) in [5, 5.41) is 8.05. The molecule has 8 heteroatoms. The number of rotatable bonds is 7. The first kappa shape index (κ1) is 23.7. The molecule has 27 heavy (non-hydrogen) atoms. The van der Waals surface area contributed by atoms with Crippen molar-refractivity contribution < 1.29 is 4.79 Å². The van der Waals surface area contributed by atoms with E-state index in [4.69, 9.17) is 10.7 Å². The summed E-state index contributed by atoms with van der Waals surface area (Å²) < 4.78 is 1.99. The smallest absolute Gasteiger partial charge is 0.217 e. The van der Waals surface area contributed by atoms with Gasteiger partial charge in [0.05, 0.1) is 12.2 Å². The minimum Gasteiger partial charge on any atom is -0.370 e. The lowest BCUT2D eigenvalue weighted by atomic mass is 9.95. The predicted molar refractivity (Wildman–Crippen MR) is 120 cm³/mol. The van der Waals surface area contributed by atoms with Crippen molar-refractivity contribution in [2.24, 2.45) is 23.7 Å². The lowest BCUT2D eigenvalue weighted by Crippen LogP contribution is -2.47. The molecule has 0 spiro atoms. The Balaban J connectivity index is 0.00000364. The van der Waals surface area contributed by atoms with Gasteiger partial charge >= 0.3 is 0 Å². The molecule has 1 aromatic heterocycles. The van der Waals surface area contributed by atoms with E-state index >= 15 is 0 Å². The molecule has 2 rings (SSSR count). The maximum Gasteiger partial charge on any atom is 0.217 e. The summed E-state index contributed by atoms with van der Waals surface area (Å²) in [6.45, 7) is 9.65. The molecule has 0 radical (unpaired) electrons. The van der Waals surface area contributed by atoms with Crippen molar-refractivity contribution in [3.8, 4) is 0 Å². The van der Waals surface area contributed by atoms with E-state index < -0.39 is 0 Å². The number of nitrogens with two attached hydrogens (primary N) is 1. The molecular weight excluding hydrogens is 455 g/mol. The molecule has 2 heterocycles. The van der Waals surface area contributed by atoms with Crippen molar-refractivity contribution >= 4 is 35.8 Å². The lowest BCUT2D eigenvalue weighted by Gasteiger charge is -2.34. The van der Waals surface area contributed by atoms with Gasteiger partial charge in [-0.15, -0.1) is 24.0 Å². The zero-order valence-corrected chi connectivity index (χ0v) is 19.5. The van der Waals surface area contributed by atoms with Crippen molar-refractivity contribution in [2.45, 2.75) is 59.4 Å². The van der Waals surface area contributed by atoms with Crippen molar-refractivity contribution in [3.05, 3.63) is 17.0 Å². The molecule has 1 aliphatic rings. The number of carbonyl (C=O) groups is 1. The standard InChI is InChI=1S/C19H34N6O.HI/c1-5-16-15(17(6-2)24(4)23-16)12-22-19(21-7-3)25-10-8-9-14(13-25)11-18(20)26;/h14H,5-13H2,1-4H3,(H2,20,26)(H,21,22);1H. The van der Waals surface area contributed by atoms with Crippen LogP contribution in [0.4, 0.5) is 0 Å². The molecule has 3 N–H and O–H groups in total. The van der Waals surface area contributed by atoms with Crippen LogP contribution in [0.5, 0.6) is 0 Å². The van der Waals surface area contributed by atoms with Gasteiger partial charge in [-0.3, -0.25) is 9.48 Å². The molecule has 0 aliphatic carbocycles. The predicted octanol–water partition coefficient (Wildman–Crippen LogP) is 2.22. The van der Waals surface area contributed by atoms with Crippen molar-refractivity contribution in [3.63, 3.8) is 0 Å². The van der Waals surface area contributed by atoms with E-state index in [0.29, 0.717) is 18.9 Å². The van der Waals surface area contributed by atoms with E-state index in [2.05, 4.69) is 36.1 Å². The number of nitrogens with one attached hydrogen (secondary N) is 1. The topological polar surface area (TPSA) is 88.5 Å². The number of hydrogen-bond acceptors (Lipinski definition) is 3. The van der Waals surface area contributed by atoms with Gasteiger partial charge in [0.1, 0.15) is 0 Å². The Morgan fingerprint density at radius 1 is 1.33 bits per heavy atom. The van der Waals surface area contributed by atoms with E-state index in [1.54, 1.807) is 0 Å². The summed E-state index contributed by atoms with van der Waals surface area (Å²) in [4.78, 5) is 18.5. The number of carbonyl (C=O) groups excluding carboxylic acids is 1. The number of aryl methyl sites for hydroxylation is 2. The Hall–Kier alpha value is -1.32. The Morgan fingerprint density at radius 2 is 2.07 bits per heavy atom. The molecule has 1 atom stereocenters. The van der Waals surface area contributed by atoms with E-state index in [9.17, 15) is 4.79 Å². The Labute approximate surface area is 180 Å². The maximum atomic E-state index is 11.3. The largest absolute Gasteiger partial charge is 0.370 e.